The lowest BCUT2D eigenvalue weighted by atomic mass is 10.2. The maximum atomic E-state index is 5.90. The van der Waals surface area contributed by atoms with Gasteiger partial charge in [-0.1, -0.05) is 18.2 Å². The van der Waals surface area contributed by atoms with Gasteiger partial charge >= 0.3 is 0 Å². The summed E-state index contributed by atoms with van der Waals surface area (Å²) in [7, 11) is 0. The van der Waals surface area contributed by atoms with E-state index in [1.807, 2.05) is 42.8 Å². The van der Waals surface area contributed by atoms with Crippen molar-refractivity contribution in [2.75, 3.05) is 0 Å². The Morgan fingerprint density at radius 2 is 1.94 bits per heavy atom. The molecule has 0 spiro atoms. The standard InChI is InChI=1S/C12H13ClN2.ClH/c1-9-7-10(2)15(14-9)12-6-4-3-5-11(12)8-13;/h3-7H,8H2,1-2H3;1H. The summed E-state index contributed by atoms with van der Waals surface area (Å²) in [5.74, 6) is 0.508. The number of rotatable bonds is 2. The number of aryl methyl sites for hydroxylation is 2. The molecule has 0 saturated heterocycles. The van der Waals surface area contributed by atoms with Gasteiger partial charge in [0.05, 0.1) is 11.4 Å². The van der Waals surface area contributed by atoms with Crippen LogP contribution in [0.3, 0.4) is 0 Å². The first-order valence-electron chi connectivity index (χ1n) is 4.90. The molecule has 86 valence electrons. The summed E-state index contributed by atoms with van der Waals surface area (Å²) in [4.78, 5) is 0. The van der Waals surface area contributed by atoms with E-state index in [1.54, 1.807) is 0 Å². The molecule has 0 N–H and O–H groups in total. The van der Waals surface area contributed by atoms with E-state index in [9.17, 15) is 0 Å². The van der Waals surface area contributed by atoms with E-state index in [0.29, 0.717) is 5.88 Å². The van der Waals surface area contributed by atoms with Gasteiger partial charge in [0.2, 0.25) is 0 Å². The molecule has 2 rings (SSSR count). The van der Waals surface area contributed by atoms with Gasteiger partial charge in [0.1, 0.15) is 0 Å². The van der Waals surface area contributed by atoms with Crippen LogP contribution in [0.15, 0.2) is 30.3 Å². The van der Waals surface area contributed by atoms with Crippen molar-refractivity contribution in [1.82, 2.24) is 9.78 Å². The van der Waals surface area contributed by atoms with Crippen LogP contribution in [0.1, 0.15) is 17.0 Å². The fourth-order valence-electron chi connectivity index (χ4n) is 1.70. The molecular weight excluding hydrogens is 243 g/mol. The minimum atomic E-state index is 0. The van der Waals surface area contributed by atoms with Crippen LogP contribution in [0.2, 0.25) is 0 Å². The van der Waals surface area contributed by atoms with E-state index < -0.39 is 0 Å². The van der Waals surface area contributed by atoms with Crippen LogP contribution in [0.5, 0.6) is 0 Å². The molecule has 0 amide bonds. The number of aromatic nitrogens is 2. The molecule has 0 fully saturated rings. The molecule has 16 heavy (non-hydrogen) atoms. The zero-order valence-corrected chi connectivity index (χ0v) is 10.8. The van der Waals surface area contributed by atoms with Gasteiger partial charge in [-0.2, -0.15) is 5.10 Å². The molecule has 0 radical (unpaired) electrons. The Morgan fingerprint density at radius 3 is 2.50 bits per heavy atom. The fourth-order valence-corrected chi connectivity index (χ4v) is 1.93. The van der Waals surface area contributed by atoms with E-state index in [-0.39, 0.29) is 12.4 Å². The van der Waals surface area contributed by atoms with Gasteiger partial charge in [-0.15, -0.1) is 24.0 Å². The SMILES string of the molecule is Cc1cc(C)n(-c2ccccc2CCl)n1.Cl. The third kappa shape index (κ3) is 2.39. The molecular formula is C12H14Cl2N2. The van der Waals surface area contributed by atoms with Crippen LogP contribution >= 0.6 is 24.0 Å². The average molecular weight is 257 g/mol. The monoisotopic (exact) mass is 256 g/mol. The molecule has 0 saturated carbocycles. The second kappa shape index (κ2) is 5.37. The van der Waals surface area contributed by atoms with Gasteiger partial charge in [0, 0.05) is 11.6 Å². The minimum absolute atomic E-state index is 0. The molecule has 2 aromatic rings. The second-order valence-corrected chi connectivity index (χ2v) is 3.87. The zero-order chi connectivity index (χ0) is 10.8. The lowest BCUT2D eigenvalue weighted by Gasteiger charge is -2.08. The van der Waals surface area contributed by atoms with E-state index in [4.69, 9.17) is 11.6 Å². The topological polar surface area (TPSA) is 17.8 Å². The average Bonchev–Trinajstić information content (AvgIpc) is 2.57. The number of hydrogen-bond acceptors (Lipinski definition) is 1. The molecule has 1 heterocycles. The minimum Gasteiger partial charge on any atom is -0.238 e. The van der Waals surface area contributed by atoms with Gasteiger partial charge < -0.3 is 0 Å². The molecule has 1 aromatic heterocycles. The van der Waals surface area contributed by atoms with Crippen molar-refractivity contribution in [2.24, 2.45) is 0 Å². The Bertz CT molecular complexity index is 478. The number of nitrogens with zero attached hydrogens (tertiary/aromatic N) is 2. The summed E-state index contributed by atoms with van der Waals surface area (Å²) in [6.07, 6.45) is 0. The van der Waals surface area contributed by atoms with E-state index in [1.165, 1.54) is 0 Å². The molecule has 2 nitrogen and oxygen atoms in total. The van der Waals surface area contributed by atoms with Crippen molar-refractivity contribution in [3.63, 3.8) is 0 Å². The summed E-state index contributed by atoms with van der Waals surface area (Å²) in [6, 6.07) is 10.1. The summed E-state index contributed by atoms with van der Waals surface area (Å²) >= 11 is 5.90. The largest absolute Gasteiger partial charge is 0.238 e. The molecule has 0 aliphatic rings. The lowest BCUT2D eigenvalue weighted by molar-refractivity contribution is 0.826. The molecule has 1 aromatic carbocycles. The third-order valence-electron chi connectivity index (χ3n) is 2.37. The van der Waals surface area contributed by atoms with E-state index >= 15 is 0 Å². The zero-order valence-electron chi connectivity index (χ0n) is 9.27. The van der Waals surface area contributed by atoms with Gasteiger partial charge in [0.15, 0.2) is 0 Å². The van der Waals surface area contributed by atoms with Crippen LogP contribution in [0.25, 0.3) is 5.69 Å². The quantitative estimate of drug-likeness (QED) is 0.751. The van der Waals surface area contributed by atoms with Crippen LogP contribution < -0.4 is 0 Å². The van der Waals surface area contributed by atoms with Gasteiger partial charge in [0.25, 0.3) is 0 Å². The van der Waals surface area contributed by atoms with E-state index in [2.05, 4.69) is 11.2 Å². The van der Waals surface area contributed by atoms with Crippen molar-refractivity contribution in [1.29, 1.82) is 0 Å². The third-order valence-corrected chi connectivity index (χ3v) is 2.66. The summed E-state index contributed by atoms with van der Waals surface area (Å²) < 4.78 is 1.94. The van der Waals surface area contributed by atoms with Gasteiger partial charge in [-0.25, -0.2) is 4.68 Å². The second-order valence-electron chi connectivity index (χ2n) is 3.60. The van der Waals surface area contributed by atoms with Crippen molar-refractivity contribution in [3.05, 3.63) is 47.3 Å². The highest BCUT2D eigenvalue weighted by Gasteiger charge is 2.06. The normalized spacial score (nSPS) is 9.94. The Hall–Kier alpha value is -0.990. The Kier molecular flexibility index (Phi) is 4.39. The van der Waals surface area contributed by atoms with Crippen LogP contribution in [0, 0.1) is 13.8 Å². The molecule has 0 bridgehead atoms. The lowest BCUT2D eigenvalue weighted by Crippen LogP contribution is -2.02. The number of halogens is 2. The first-order valence-corrected chi connectivity index (χ1v) is 5.43. The van der Waals surface area contributed by atoms with Gasteiger partial charge in [-0.05, 0) is 31.5 Å². The highest BCUT2D eigenvalue weighted by Crippen LogP contribution is 2.18. The van der Waals surface area contributed by atoms with Crippen LogP contribution in [0.4, 0.5) is 0 Å². The highest BCUT2D eigenvalue weighted by atomic mass is 35.5. The summed E-state index contributed by atoms with van der Waals surface area (Å²) in [6.45, 7) is 4.04. The molecule has 4 heteroatoms. The fraction of sp³-hybridized carbons (Fsp3) is 0.250. The number of hydrogen-bond donors (Lipinski definition) is 0. The summed E-state index contributed by atoms with van der Waals surface area (Å²) in [5.41, 5.74) is 4.32. The number of benzene rings is 1. The Morgan fingerprint density at radius 1 is 1.25 bits per heavy atom. The molecule has 0 aliphatic heterocycles. The first kappa shape index (κ1) is 13.1. The van der Waals surface area contributed by atoms with Crippen molar-refractivity contribution in [2.45, 2.75) is 19.7 Å². The number of para-hydroxylation sites is 1. The van der Waals surface area contributed by atoms with E-state index in [0.717, 1.165) is 22.6 Å². The van der Waals surface area contributed by atoms with Crippen molar-refractivity contribution >= 4 is 24.0 Å². The van der Waals surface area contributed by atoms with Crippen molar-refractivity contribution in [3.8, 4) is 5.69 Å². The first-order chi connectivity index (χ1) is 7.22. The Labute approximate surface area is 107 Å². The summed E-state index contributed by atoms with van der Waals surface area (Å²) in [5, 5.41) is 4.45. The Balaban J connectivity index is 0.00000128. The highest BCUT2D eigenvalue weighted by molar-refractivity contribution is 6.17. The maximum absolute atomic E-state index is 5.90. The number of alkyl halides is 1. The van der Waals surface area contributed by atoms with Crippen molar-refractivity contribution < 1.29 is 0 Å². The smallest absolute Gasteiger partial charge is 0.0692 e. The van der Waals surface area contributed by atoms with Crippen LogP contribution in [-0.4, -0.2) is 9.78 Å². The molecule has 0 aliphatic carbocycles. The molecule has 0 atom stereocenters. The maximum Gasteiger partial charge on any atom is 0.0692 e. The predicted molar refractivity (Wildman–Crippen MR) is 69.8 cm³/mol. The molecule has 0 unspecified atom stereocenters. The van der Waals surface area contributed by atoms with Crippen LogP contribution in [-0.2, 0) is 5.88 Å². The van der Waals surface area contributed by atoms with Gasteiger partial charge in [-0.3, -0.25) is 0 Å². The predicted octanol–water partition coefficient (Wildman–Crippen LogP) is 3.65.